The SMILES string of the molecule is CCCCCCCCCCCCCCCCNC(=O)c1ccc(OC(C(=O)Nc2cc(OC)ccc2OC)C(=O)C2(CC)CC2)cc1. The van der Waals surface area contributed by atoms with E-state index >= 15 is 0 Å². The number of hydrogen-bond acceptors (Lipinski definition) is 6. The van der Waals surface area contributed by atoms with Crippen molar-refractivity contribution in [2.24, 2.45) is 5.41 Å². The van der Waals surface area contributed by atoms with Crippen LogP contribution in [-0.4, -0.2) is 44.5 Å². The number of hydrogen-bond donors (Lipinski definition) is 2. The van der Waals surface area contributed by atoms with Crippen molar-refractivity contribution in [1.29, 1.82) is 0 Å². The van der Waals surface area contributed by atoms with Gasteiger partial charge in [0.15, 0.2) is 5.78 Å². The highest BCUT2D eigenvalue weighted by Gasteiger charge is 2.53. The lowest BCUT2D eigenvalue weighted by atomic mass is 9.93. The number of carbonyl (C=O) groups excluding carboxylic acids is 3. The molecule has 2 aromatic carbocycles. The van der Waals surface area contributed by atoms with E-state index in [1.165, 1.54) is 91.3 Å². The third-order valence-corrected chi connectivity index (χ3v) is 9.38. The molecule has 1 saturated carbocycles. The first-order valence-electron chi connectivity index (χ1n) is 18.0. The number of carbonyl (C=O) groups is 3. The first-order valence-corrected chi connectivity index (χ1v) is 18.0. The number of rotatable bonds is 25. The topological polar surface area (TPSA) is 103 Å². The predicted molar refractivity (Wildman–Crippen MR) is 189 cm³/mol. The fourth-order valence-electron chi connectivity index (χ4n) is 5.98. The molecule has 0 saturated heterocycles. The molecule has 0 spiro atoms. The van der Waals surface area contributed by atoms with E-state index in [1.807, 2.05) is 6.92 Å². The fourth-order valence-corrected chi connectivity index (χ4v) is 5.98. The third kappa shape index (κ3) is 12.5. The average molecular weight is 651 g/mol. The Morgan fingerprint density at radius 1 is 0.723 bits per heavy atom. The zero-order valence-corrected chi connectivity index (χ0v) is 29.3. The highest BCUT2D eigenvalue weighted by Crippen LogP contribution is 2.50. The summed E-state index contributed by atoms with van der Waals surface area (Å²) in [7, 11) is 3.04. The molecule has 2 N–H and O–H groups in total. The maximum atomic E-state index is 13.6. The van der Waals surface area contributed by atoms with Crippen LogP contribution >= 0.6 is 0 Å². The number of anilines is 1. The third-order valence-electron chi connectivity index (χ3n) is 9.38. The normalized spacial score (nSPS) is 13.8. The van der Waals surface area contributed by atoms with E-state index < -0.39 is 17.4 Å². The molecule has 0 aliphatic heterocycles. The number of benzene rings is 2. The summed E-state index contributed by atoms with van der Waals surface area (Å²) in [5, 5.41) is 5.80. The van der Waals surface area contributed by atoms with E-state index in [9.17, 15) is 14.4 Å². The number of methoxy groups -OCH3 is 2. The molecule has 0 aromatic heterocycles. The highest BCUT2D eigenvalue weighted by atomic mass is 16.5. The number of ketones is 1. The molecule has 8 heteroatoms. The van der Waals surface area contributed by atoms with Gasteiger partial charge in [0.05, 0.1) is 19.9 Å². The van der Waals surface area contributed by atoms with Gasteiger partial charge in [-0.1, -0.05) is 97.3 Å². The van der Waals surface area contributed by atoms with Gasteiger partial charge in [-0.3, -0.25) is 14.4 Å². The second-order valence-corrected chi connectivity index (χ2v) is 12.9. The fraction of sp³-hybridized carbons (Fsp3) is 0.615. The second-order valence-electron chi connectivity index (χ2n) is 12.9. The van der Waals surface area contributed by atoms with E-state index in [2.05, 4.69) is 17.6 Å². The Kier molecular flexibility index (Phi) is 16.6. The summed E-state index contributed by atoms with van der Waals surface area (Å²) in [5.74, 6) is 0.337. The summed E-state index contributed by atoms with van der Waals surface area (Å²) in [4.78, 5) is 39.8. The monoisotopic (exact) mass is 650 g/mol. The molecule has 0 bridgehead atoms. The molecule has 2 amide bonds. The summed E-state index contributed by atoms with van der Waals surface area (Å²) >= 11 is 0. The Balaban J connectivity index is 1.42. The van der Waals surface area contributed by atoms with Crippen LogP contribution in [0.25, 0.3) is 0 Å². The summed E-state index contributed by atoms with van der Waals surface area (Å²) in [6.07, 6.45) is 18.9. The van der Waals surface area contributed by atoms with Gasteiger partial charge in [0, 0.05) is 23.6 Å². The van der Waals surface area contributed by atoms with Crippen molar-refractivity contribution >= 4 is 23.3 Å². The Morgan fingerprint density at radius 2 is 1.28 bits per heavy atom. The Labute approximate surface area is 282 Å². The lowest BCUT2D eigenvalue weighted by Crippen LogP contribution is -2.43. The molecule has 0 radical (unpaired) electrons. The molecule has 0 heterocycles. The number of unbranched alkanes of at least 4 members (excludes halogenated alkanes) is 13. The van der Waals surface area contributed by atoms with Crippen molar-refractivity contribution in [2.45, 2.75) is 129 Å². The van der Waals surface area contributed by atoms with Crippen LogP contribution in [0, 0.1) is 5.41 Å². The molecule has 2 aromatic rings. The lowest BCUT2D eigenvalue weighted by molar-refractivity contribution is -0.138. The minimum absolute atomic E-state index is 0.148. The van der Waals surface area contributed by atoms with Gasteiger partial charge in [-0.2, -0.15) is 0 Å². The standard InChI is InChI=1S/C39H58N2O6/c1-5-7-8-9-10-11-12-13-14-15-16-17-18-19-28-40-37(43)30-20-22-31(23-21-30)47-35(36(42)39(6-2)26-27-39)38(44)41-33-29-32(45-3)24-25-34(33)46-4/h20-25,29,35H,5-19,26-28H2,1-4H3,(H,40,43)(H,41,44). The van der Waals surface area contributed by atoms with Crippen LogP contribution in [0.5, 0.6) is 17.2 Å². The van der Waals surface area contributed by atoms with Crippen molar-refractivity contribution in [3.8, 4) is 17.2 Å². The summed E-state index contributed by atoms with van der Waals surface area (Å²) in [6, 6.07) is 11.6. The zero-order valence-electron chi connectivity index (χ0n) is 29.3. The zero-order chi connectivity index (χ0) is 33.9. The Hall–Kier alpha value is -3.55. The van der Waals surface area contributed by atoms with Crippen LogP contribution in [-0.2, 0) is 9.59 Å². The number of Topliss-reactive ketones (excluding diaryl/α,β-unsaturated/α-hetero) is 1. The second kappa shape index (κ2) is 20.6. The number of ether oxygens (including phenoxy) is 3. The average Bonchev–Trinajstić information content (AvgIpc) is 3.90. The molecule has 3 rings (SSSR count). The van der Waals surface area contributed by atoms with Gasteiger partial charge < -0.3 is 24.8 Å². The van der Waals surface area contributed by atoms with Crippen LogP contribution in [0.1, 0.15) is 133 Å². The molecule has 260 valence electrons. The summed E-state index contributed by atoms with van der Waals surface area (Å²) < 4.78 is 16.7. The minimum Gasteiger partial charge on any atom is -0.497 e. The van der Waals surface area contributed by atoms with Crippen LogP contribution in [0.4, 0.5) is 5.69 Å². The molecule has 1 unspecified atom stereocenters. The van der Waals surface area contributed by atoms with Crippen molar-refractivity contribution in [1.82, 2.24) is 5.32 Å². The Bertz CT molecular complexity index is 1240. The van der Waals surface area contributed by atoms with Crippen molar-refractivity contribution < 1.29 is 28.6 Å². The Morgan fingerprint density at radius 3 is 1.79 bits per heavy atom. The molecule has 1 aliphatic rings. The summed E-state index contributed by atoms with van der Waals surface area (Å²) in [5.41, 5.74) is 0.335. The number of amides is 2. The van der Waals surface area contributed by atoms with Gasteiger partial charge in [0.25, 0.3) is 11.8 Å². The molecular formula is C39H58N2O6. The van der Waals surface area contributed by atoms with E-state index in [-0.39, 0.29) is 11.7 Å². The van der Waals surface area contributed by atoms with Crippen LogP contribution in [0.15, 0.2) is 42.5 Å². The molecule has 1 fully saturated rings. The lowest BCUT2D eigenvalue weighted by Gasteiger charge is -2.22. The van der Waals surface area contributed by atoms with E-state index in [0.29, 0.717) is 41.5 Å². The molecule has 47 heavy (non-hydrogen) atoms. The predicted octanol–water partition coefficient (Wildman–Crippen LogP) is 9.06. The van der Waals surface area contributed by atoms with Gasteiger partial charge in [-0.15, -0.1) is 0 Å². The van der Waals surface area contributed by atoms with E-state index in [0.717, 1.165) is 25.7 Å². The van der Waals surface area contributed by atoms with Crippen molar-refractivity contribution in [2.75, 3.05) is 26.1 Å². The van der Waals surface area contributed by atoms with Gasteiger partial charge in [0.2, 0.25) is 6.10 Å². The molecular weight excluding hydrogens is 592 g/mol. The first-order chi connectivity index (χ1) is 22.9. The molecule has 8 nitrogen and oxygen atoms in total. The maximum absolute atomic E-state index is 13.6. The van der Waals surface area contributed by atoms with Gasteiger partial charge in [0.1, 0.15) is 17.2 Å². The quantitative estimate of drug-likeness (QED) is 0.0821. The van der Waals surface area contributed by atoms with Crippen LogP contribution in [0.3, 0.4) is 0 Å². The minimum atomic E-state index is -1.35. The molecule has 1 aliphatic carbocycles. The largest absolute Gasteiger partial charge is 0.497 e. The van der Waals surface area contributed by atoms with E-state index in [1.54, 1.807) is 42.5 Å². The van der Waals surface area contributed by atoms with Gasteiger partial charge in [-0.05, 0) is 62.1 Å². The first kappa shape index (κ1) is 37.9. The van der Waals surface area contributed by atoms with E-state index in [4.69, 9.17) is 14.2 Å². The maximum Gasteiger partial charge on any atom is 0.273 e. The van der Waals surface area contributed by atoms with Gasteiger partial charge in [-0.25, -0.2) is 0 Å². The smallest absolute Gasteiger partial charge is 0.273 e. The number of nitrogens with one attached hydrogen (secondary N) is 2. The van der Waals surface area contributed by atoms with Crippen LogP contribution < -0.4 is 24.8 Å². The van der Waals surface area contributed by atoms with Crippen molar-refractivity contribution in [3.05, 3.63) is 48.0 Å². The molecule has 1 atom stereocenters. The van der Waals surface area contributed by atoms with Gasteiger partial charge >= 0.3 is 0 Å². The van der Waals surface area contributed by atoms with Crippen LogP contribution in [0.2, 0.25) is 0 Å². The highest BCUT2D eigenvalue weighted by molar-refractivity contribution is 6.13. The summed E-state index contributed by atoms with van der Waals surface area (Å²) in [6.45, 7) is 4.86. The van der Waals surface area contributed by atoms with Crippen molar-refractivity contribution in [3.63, 3.8) is 0 Å².